The number of aromatic nitrogens is 1. The Balaban J connectivity index is 2.50. The van der Waals surface area contributed by atoms with Crippen LogP contribution in [0.2, 0.25) is 0 Å². The predicted octanol–water partition coefficient (Wildman–Crippen LogP) is 2.36. The van der Waals surface area contributed by atoms with E-state index in [4.69, 9.17) is 9.47 Å². The molecule has 0 saturated carbocycles. The smallest absolute Gasteiger partial charge is 0.194 e. The third-order valence-corrected chi connectivity index (χ3v) is 3.15. The molecule has 0 aliphatic carbocycles. The number of hydrogen-bond acceptors (Lipinski definition) is 5. The Hall–Kier alpha value is -0.820. The molecule has 0 aromatic carbocycles. The number of fused-ring (bicyclic) bond motifs is 1. The maximum atomic E-state index is 11.6. The van der Waals surface area contributed by atoms with Gasteiger partial charge in [0.15, 0.2) is 21.9 Å². The molecule has 0 bridgehead atoms. The Morgan fingerprint density at radius 3 is 2.94 bits per heavy atom. The van der Waals surface area contributed by atoms with E-state index in [0.29, 0.717) is 28.5 Å². The van der Waals surface area contributed by atoms with E-state index in [1.54, 1.807) is 18.6 Å². The summed E-state index contributed by atoms with van der Waals surface area (Å²) in [7, 11) is -2.24. The fourth-order valence-electron chi connectivity index (χ4n) is 1.41. The molecule has 94 valence electrons. The van der Waals surface area contributed by atoms with E-state index in [1.165, 1.54) is 0 Å². The topological polar surface area (TPSA) is 60.8 Å². The molecule has 1 atom stereocenters. The Bertz CT molecular complexity index is 559. The van der Waals surface area contributed by atoms with E-state index in [1.807, 2.05) is 6.92 Å². The van der Waals surface area contributed by atoms with Crippen LogP contribution < -0.4 is 9.47 Å². The van der Waals surface area contributed by atoms with Crippen molar-refractivity contribution in [1.29, 1.82) is 0 Å². The Morgan fingerprint density at radius 2 is 2.29 bits per heavy atom. The monoisotopic (exact) mass is 320 g/mol. The van der Waals surface area contributed by atoms with Gasteiger partial charge in [-0.1, -0.05) is 0 Å². The number of hydrogen-bond donors (Lipinski definition) is 0. The van der Waals surface area contributed by atoms with E-state index in [-0.39, 0.29) is 6.10 Å². The van der Waals surface area contributed by atoms with Gasteiger partial charge in [-0.25, -0.2) is 9.19 Å². The fourth-order valence-corrected chi connectivity index (χ4v) is 2.45. The van der Waals surface area contributed by atoms with E-state index in [9.17, 15) is 4.21 Å². The Kier molecular flexibility index (Phi) is 3.31. The second kappa shape index (κ2) is 4.45. The van der Waals surface area contributed by atoms with Crippen molar-refractivity contribution in [1.82, 2.24) is 4.98 Å². The molecule has 0 fully saturated rings. The van der Waals surface area contributed by atoms with Crippen molar-refractivity contribution < 1.29 is 13.7 Å². The molecule has 17 heavy (non-hydrogen) atoms. The first-order chi connectivity index (χ1) is 7.85. The van der Waals surface area contributed by atoms with Gasteiger partial charge in [-0.05, 0) is 22.9 Å². The standard InChI is InChI=1S/C10H13BrN2O3S/c1-6-5-15-9-7(16-6)4-8(12-10(9)11)13-17(2,3)14/h4,6H,5H2,1-3H3. The molecule has 2 heterocycles. The van der Waals surface area contributed by atoms with Crippen LogP contribution in [0.4, 0.5) is 5.82 Å². The second-order valence-corrected chi connectivity index (χ2v) is 7.41. The molecule has 0 saturated heterocycles. The first kappa shape index (κ1) is 12.6. The zero-order chi connectivity index (χ0) is 12.6. The molecule has 1 unspecified atom stereocenters. The van der Waals surface area contributed by atoms with E-state index < -0.39 is 9.73 Å². The SMILES string of the molecule is CC1COc2c(cc(N=S(C)(C)=O)nc2Br)O1. The van der Waals surface area contributed by atoms with Crippen LogP contribution in [0.5, 0.6) is 11.5 Å². The number of halogens is 1. The molecule has 0 spiro atoms. The van der Waals surface area contributed by atoms with Crippen molar-refractivity contribution >= 4 is 31.5 Å². The molecule has 5 nitrogen and oxygen atoms in total. The van der Waals surface area contributed by atoms with Gasteiger partial charge in [0.2, 0.25) is 0 Å². The summed E-state index contributed by atoms with van der Waals surface area (Å²) < 4.78 is 27.3. The van der Waals surface area contributed by atoms with Crippen molar-refractivity contribution in [2.75, 3.05) is 19.1 Å². The Morgan fingerprint density at radius 1 is 1.59 bits per heavy atom. The summed E-state index contributed by atoms with van der Waals surface area (Å²) in [6.45, 7) is 2.40. The molecule has 1 aromatic rings. The normalized spacial score (nSPS) is 18.9. The van der Waals surface area contributed by atoms with Gasteiger partial charge in [0.25, 0.3) is 0 Å². The van der Waals surface area contributed by atoms with Crippen LogP contribution >= 0.6 is 15.9 Å². The minimum atomic E-state index is -2.24. The van der Waals surface area contributed by atoms with E-state index in [0.717, 1.165) is 0 Å². The van der Waals surface area contributed by atoms with Crippen LogP contribution in [0, 0.1) is 0 Å². The number of pyridine rings is 1. The molecular weight excluding hydrogens is 308 g/mol. The van der Waals surface area contributed by atoms with Crippen LogP contribution in [0.25, 0.3) is 0 Å². The minimum absolute atomic E-state index is 0.0164. The highest BCUT2D eigenvalue weighted by Gasteiger charge is 2.21. The maximum Gasteiger partial charge on any atom is 0.194 e. The van der Waals surface area contributed by atoms with Gasteiger partial charge in [0.1, 0.15) is 12.7 Å². The lowest BCUT2D eigenvalue weighted by Gasteiger charge is -2.24. The molecule has 1 aliphatic heterocycles. The summed E-state index contributed by atoms with van der Waals surface area (Å²) in [5.74, 6) is 1.53. The van der Waals surface area contributed by atoms with Crippen molar-refractivity contribution in [2.45, 2.75) is 13.0 Å². The average molecular weight is 321 g/mol. The molecule has 1 aliphatic rings. The quantitative estimate of drug-likeness (QED) is 0.745. The lowest BCUT2D eigenvalue weighted by atomic mass is 10.3. The van der Waals surface area contributed by atoms with Gasteiger partial charge < -0.3 is 9.47 Å². The maximum absolute atomic E-state index is 11.6. The Labute approximate surface area is 109 Å². The molecular formula is C10H13BrN2O3S. The van der Waals surface area contributed by atoms with E-state index >= 15 is 0 Å². The number of rotatable bonds is 1. The zero-order valence-corrected chi connectivity index (χ0v) is 12.2. The van der Waals surface area contributed by atoms with Gasteiger partial charge in [-0.3, -0.25) is 0 Å². The summed E-state index contributed by atoms with van der Waals surface area (Å²) in [4.78, 5) is 4.16. The van der Waals surface area contributed by atoms with Gasteiger partial charge in [-0.2, -0.15) is 4.36 Å². The predicted molar refractivity (Wildman–Crippen MR) is 69.6 cm³/mol. The molecule has 7 heteroatoms. The highest BCUT2D eigenvalue weighted by Crippen LogP contribution is 2.39. The number of nitrogens with zero attached hydrogens (tertiary/aromatic N) is 2. The van der Waals surface area contributed by atoms with Crippen LogP contribution in [0.1, 0.15) is 6.92 Å². The minimum Gasteiger partial charge on any atom is -0.483 e. The second-order valence-electron chi connectivity index (χ2n) is 4.11. The van der Waals surface area contributed by atoms with Gasteiger partial charge in [-0.15, -0.1) is 0 Å². The highest BCUT2D eigenvalue weighted by molar-refractivity contribution is 9.10. The molecule has 1 aromatic heterocycles. The molecule has 2 rings (SSSR count). The van der Waals surface area contributed by atoms with Crippen LogP contribution in [-0.4, -0.2) is 34.4 Å². The van der Waals surface area contributed by atoms with Gasteiger partial charge in [0, 0.05) is 28.3 Å². The summed E-state index contributed by atoms with van der Waals surface area (Å²) in [6.07, 6.45) is 3.10. The highest BCUT2D eigenvalue weighted by atomic mass is 79.9. The van der Waals surface area contributed by atoms with Crippen LogP contribution in [0.3, 0.4) is 0 Å². The van der Waals surface area contributed by atoms with Gasteiger partial charge >= 0.3 is 0 Å². The third-order valence-electron chi connectivity index (χ3n) is 1.99. The first-order valence-corrected chi connectivity index (χ1v) is 8.15. The zero-order valence-electron chi connectivity index (χ0n) is 9.77. The van der Waals surface area contributed by atoms with E-state index in [2.05, 4.69) is 25.3 Å². The lowest BCUT2D eigenvalue weighted by molar-refractivity contribution is 0.103. The van der Waals surface area contributed by atoms with Crippen molar-refractivity contribution in [3.8, 4) is 11.5 Å². The fraction of sp³-hybridized carbons (Fsp3) is 0.500. The first-order valence-electron chi connectivity index (χ1n) is 5.02. The third kappa shape index (κ3) is 3.10. The van der Waals surface area contributed by atoms with Gasteiger partial charge in [0.05, 0.1) is 0 Å². The molecule has 0 N–H and O–H groups in total. The summed E-state index contributed by atoms with van der Waals surface area (Å²) in [5, 5.41) is 0. The van der Waals surface area contributed by atoms with Crippen molar-refractivity contribution in [2.24, 2.45) is 4.36 Å². The largest absolute Gasteiger partial charge is 0.483 e. The summed E-state index contributed by atoms with van der Waals surface area (Å²) >= 11 is 3.29. The summed E-state index contributed by atoms with van der Waals surface area (Å²) in [5.41, 5.74) is 0. The molecule has 0 amide bonds. The lowest BCUT2D eigenvalue weighted by Crippen LogP contribution is -2.26. The van der Waals surface area contributed by atoms with Crippen molar-refractivity contribution in [3.05, 3.63) is 10.7 Å². The van der Waals surface area contributed by atoms with Crippen LogP contribution in [-0.2, 0) is 9.73 Å². The summed E-state index contributed by atoms with van der Waals surface area (Å²) in [6, 6.07) is 1.64. The van der Waals surface area contributed by atoms with Crippen LogP contribution in [0.15, 0.2) is 15.0 Å². The molecule has 0 radical (unpaired) electrons. The average Bonchev–Trinajstić information content (AvgIpc) is 2.13. The number of ether oxygens (including phenoxy) is 2. The van der Waals surface area contributed by atoms with Crippen molar-refractivity contribution in [3.63, 3.8) is 0 Å².